The van der Waals surface area contributed by atoms with Crippen LogP contribution in [0.15, 0.2) is 30.3 Å². The Morgan fingerprint density at radius 1 is 1.13 bits per heavy atom. The Kier molecular flexibility index (Phi) is 3.61. The van der Waals surface area contributed by atoms with Gasteiger partial charge in [0.1, 0.15) is 5.92 Å². The highest BCUT2D eigenvalue weighted by molar-refractivity contribution is 6.08. The van der Waals surface area contributed by atoms with Crippen molar-refractivity contribution in [2.75, 3.05) is 0 Å². The molecule has 0 saturated carbocycles. The first kappa shape index (κ1) is 11.4. The molecule has 1 aromatic carbocycles. The molecule has 0 bridgehead atoms. The maximum atomic E-state index is 11.8. The average Bonchev–Trinajstić information content (AvgIpc) is 2.18. The summed E-state index contributed by atoms with van der Waals surface area (Å²) in [6, 6.07) is 8.53. The molecule has 0 radical (unpaired) electrons. The first-order valence-corrected chi connectivity index (χ1v) is 4.86. The highest BCUT2D eigenvalue weighted by Gasteiger charge is 2.29. The standard InChI is InChI=1S/C12H14O3/c1-8(2)10(12(14)15)11(13)9-6-4-3-5-7-9/h3-8,10H,1-2H3,(H,14,15). The lowest BCUT2D eigenvalue weighted by molar-refractivity contribution is -0.141. The van der Waals surface area contributed by atoms with Crippen molar-refractivity contribution in [1.82, 2.24) is 0 Å². The van der Waals surface area contributed by atoms with Crippen molar-refractivity contribution in [2.24, 2.45) is 11.8 Å². The fourth-order valence-electron chi connectivity index (χ4n) is 1.48. The maximum absolute atomic E-state index is 11.8. The van der Waals surface area contributed by atoms with E-state index >= 15 is 0 Å². The van der Waals surface area contributed by atoms with Crippen LogP contribution in [-0.4, -0.2) is 16.9 Å². The van der Waals surface area contributed by atoms with Gasteiger partial charge in [0, 0.05) is 5.56 Å². The summed E-state index contributed by atoms with van der Waals surface area (Å²) in [4.78, 5) is 22.8. The van der Waals surface area contributed by atoms with Gasteiger partial charge in [-0.1, -0.05) is 44.2 Å². The molecule has 1 aromatic rings. The van der Waals surface area contributed by atoms with Gasteiger partial charge in [-0.3, -0.25) is 9.59 Å². The smallest absolute Gasteiger partial charge is 0.314 e. The zero-order chi connectivity index (χ0) is 11.4. The number of benzene rings is 1. The Bertz CT molecular complexity index is 354. The van der Waals surface area contributed by atoms with Crippen LogP contribution in [0, 0.1) is 11.8 Å². The highest BCUT2D eigenvalue weighted by atomic mass is 16.4. The Hall–Kier alpha value is -1.64. The molecule has 0 aromatic heterocycles. The molecule has 1 rings (SSSR count). The summed E-state index contributed by atoms with van der Waals surface area (Å²) in [6.45, 7) is 3.47. The molecule has 1 unspecified atom stereocenters. The van der Waals surface area contributed by atoms with Crippen LogP contribution in [0.25, 0.3) is 0 Å². The number of rotatable bonds is 4. The van der Waals surface area contributed by atoms with E-state index in [1.165, 1.54) is 0 Å². The number of carboxylic acid groups (broad SMARTS) is 1. The van der Waals surface area contributed by atoms with Crippen LogP contribution in [0.1, 0.15) is 24.2 Å². The van der Waals surface area contributed by atoms with Crippen LogP contribution in [0.5, 0.6) is 0 Å². The fraction of sp³-hybridized carbons (Fsp3) is 0.333. The minimum Gasteiger partial charge on any atom is -0.481 e. The van der Waals surface area contributed by atoms with Gasteiger partial charge in [-0.25, -0.2) is 0 Å². The number of aliphatic carboxylic acids is 1. The predicted molar refractivity (Wildman–Crippen MR) is 56.7 cm³/mol. The van der Waals surface area contributed by atoms with E-state index in [0.717, 1.165) is 0 Å². The molecule has 1 N–H and O–H groups in total. The topological polar surface area (TPSA) is 54.4 Å². The summed E-state index contributed by atoms with van der Waals surface area (Å²) < 4.78 is 0. The molecule has 0 amide bonds. The molecular formula is C12H14O3. The molecule has 3 nitrogen and oxygen atoms in total. The predicted octanol–water partition coefficient (Wildman–Crippen LogP) is 2.23. The minimum atomic E-state index is -1.06. The lowest BCUT2D eigenvalue weighted by Crippen LogP contribution is -2.28. The Labute approximate surface area is 88.7 Å². The number of Topliss-reactive ketones (excluding diaryl/α,β-unsaturated/α-hetero) is 1. The molecular weight excluding hydrogens is 192 g/mol. The van der Waals surface area contributed by atoms with Crippen LogP contribution >= 0.6 is 0 Å². The molecule has 0 fully saturated rings. The summed E-state index contributed by atoms with van der Waals surface area (Å²) in [5.74, 6) is -2.53. The number of carboxylic acids is 1. The number of ketones is 1. The monoisotopic (exact) mass is 206 g/mol. The van der Waals surface area contributed by atoms with Gasteiger partial charge in [0.2, 0.25) is 0 Å². The molecule has 0 aliphatic heterocycles. The maximum Gasteiger partial charge on any atom is 0.314 e. The third kappa shape index (κ3) is 2.65. The molecule has 80 valence electrons. The van der Waals surface area contributed by atoms with Crippen LogP contribution < -0.4 is 0 Å². The number of carbonyl (C=O) groups is 2. The average molecular weight is 206 g/mol. The van der Waals surface area contributed by atoms with E-state index in [0.29, 0.717) is 5.56 Å². The molecule has 3 heteroatoms. The lowest BCUT2D eigenvalue weighted by atomic mass is 9.88. The van der Waals surface area contributed by atoms with Gasteiger partial charge >= 0.3 is 5.97 Å². The van der Waals surface area contributed by atoms with Crippen molar-refractivity contribution in [1.29, 1.82) is 0 Å². The summed E-state index contributed by atoms with van der Waals surface area (Å²) in [5.41, 5.74) is 0.457. The second-order valence-corrected chi connectivity index (χ2v) is 3.79. The Balaban J connectivity index is 2.97. The van der Waals surface area contributed by atoms with Gasteiger partial charge in [-0.05, 0) is 5.92 Å². The fourth-order valence-corrected chi connectivity index (χ4v) is 1.48. The normalized spacial score (nSPS) is 12.5. The van der Waals surface area contributed by atoms with Crippen molar-refractivity contribution < 1.29 is 14.7 Å². The summed E-state index contributed by atoms with van der Waals surface area (Å²) >= 11 is 0. The number of hydrogen-bond donors (Lipinski definition) is 1. The van der Waals surface area contributed by atoms with Crippen molar-refractivity contribution >= 4 is 11.8 Å². The van der Waals surface area contributed by atoms with Crippen molar-refractivity contribution in [3.63, 3.8) is 0 Å². The Morgan fingerprint density at radius 2 is 1.67 bits per heavy atom. The van der Waals surface area contributed by atoms with E-state index in [2.05, 4.69) is 0 Å². The third-order valence-electron chi connectivity index (χ3n) is 2.27. The van der Waals surface area contributed by atoms with E-state index in [4.69, 9.17) is 5.11 Å². The van der Waals surface area contributed by atoms with E-state index in [-0.39, 0.29) is 11.7 Å². The third-order valence-corrected chi connectivity index (χ3v) is 2.27. The zero-order valence-electron chi connectivity index (χ0n) is 8.81. The van der Waals surface area contributed by atoms with Gasteiger partial charge in [0.25, 0.3) is 0 Å². The van der Waals surface area contributed by atoms with E-state index in [1.54, 1.807) is 44.2 Å². The van der Waals surface area contributed by atoms with Crippen molar-refractivity contribution in [3.8, 4) is 0 Å². The molecule has 0 heterocycles. The zero-order valence-corrected chi connectivity index (χ0v) is 8.81. The second kappa shape index (κ2) is 4.73. The largest absolute Gasteiger partial charge is 0.481 e. The Morgan fingerprint density at radius 3 is 2.07 bits per heavy atom. The van der Waals surface area contributed by atoms with E-state index in [1.807, 2.05) is 0 Å². The summed E-state index contributed by atoms with van der Waals surface area (Å²) in [6.07, 6.45) is 0. The van der Waals surface area contributed by atoms with E-state index < -0.39 is 11.9 Å². The van der Waals surface area contributed by atoms with E-state index in [9.17, 15) is 9.59 Å². The summed E-state index contributed by atoms with van der Waals surface area (Å²) in [7, 11) is 0. The second-order valence-electron chi connectivity index (χ2n) is 3.79. The SMILES string of the molecule is CC(C)C(C(=O)O)C(=O)c1ccccc1. The van der Waals surface area contributed by atoms with Gasteiger partial charge in [0.15, 0.2) is 5.78 Å². The van der Waals surface area contributed by atoms with Crippen LogP contribution in [0.4, 0.5) is 0 Å². The minimum absolute atomic E-state index is 0.199. The molecule has 0 aliphatic rings. The van der Waals surface area contributed by atoms with Gasteiger partial charge in [0.05, 0.1) is 0 Å². The molecule has 0 aliphatic carbocycles. The molecule has 15 heavy (non-hydrogen) atoms. The first-order chi connectivity index (χ1) is 7.04. The number of hydrogen-bond acceptors (Lipinski definition) is 2. The van der Waals surface area contributed by atoms with Gasteiger partial charge in [-0.15, -0.1) is 0 Å². The molecule has 1 atom stereocenters. The number of carbonyl (C=O) groups excluding carboxylic acids is 1. The van der Waals surface area contributed by atoms with Crippen molar-refractivity contribution in [2.45, 2.75) is 13.8 Å². The van der Waals surface area contributed by atoms with Crippen LogP contribution in [-0.2, 0) is 4.79 Å². The van der Waals surface area contributed by atoms with Gasteiger partial charge < -0.3 is 5.11 Å². The lowest BCUT2D eigenvalue weighted by Gasteiger charge is -2.14. The van der Waals surface area contributed by atoms with Crippen molar-refractivity contribution in [3.05, 3.63) is 35.9 Å². The van der Waals surface area contributed by atoms with Crippen LogP contribution in [0.2, 0.25) is 0 Å². The molecule has 0 saturated heterocycles. The molecule has 0 spiro atoms. The van der Waals surface area contributed by atoms with Crippen LogP contribution in [0.3, 0.4) is 0 Å². The highest BCUT2D eigenvalue weighted by Crippen LogP contribution is 2.17. The van der Waals surface area contributed by atoms with Gasteiger partial charge in [-0.2, -0.15) is 0 Å². The first-order valence-electron chi connectivity index (χ1n) is 4.86. The quantitative estimate of drug-likeness (QED) is 0.607. The summed E-state index contributed by atoms with van der Waals surface area (Å²) in [5, 5.41) is 8.95.